The fraction of sp³-hybridized carbons (Fsp3) is 0.895. The molecule has 0 aromatic carbocycles. The van der Waals surface area contributed by atoms with Gasteiger partial charge < -0.3 is 10.0 Å². The molecule has 3 rings (SSSR count). The number of nitrogens with zero attached hydrogens (tertiary/aromatic N) is 2. The Hall–Kier alpha value is -1.10. The molecule has 24 heavy (non-hydrogen) atoms. The molecule has 1 amide bonds. The molecule has 5 heteroatoms. The van der Waals surface area contributed by atoms with E-state index in [1.165, 1.54) is 19.3 Å². The van der Waals surface area contributed by atoms with E-state index >= 15 is 0 Å². The summed E-state index contributed by atoms with van der Waals surface area (Å²) in [6.45, 7) is 2.56. The first-order valence-electron chi connectivity index (χ1n) is 9.71. The minimum atomic E-state index is -0.758. The molecule has 1 heterocycles. The lowest BCUT2D eigenvalue weighted by atomic mass is 9.84. The van der Waals surface area contributed by atoms with Crippen LogP contribution in [0, 0.1) is 11.8 Å². The van der Waals surface area contributed by atoms with Gasteiger partial charge in [0.1, 0.15) is 6.04 Å². The second kappa shape index (κ2) is 7.42. The summed E-state index contributed by atoms with van der Waals surface area (Å²) in [4.78, 5) is 28.4. The zero-order chi connectivity index (χ0) is 17.3. The molecule has 0 unspecified atom stereocenters. The number of hydrogen-bond donors (Lipinski definition) is 1. The Balaban J connectivity index is 1.63. The van der Waals surface area contributed by atoms with Crippen LogP contribution in [-0.4, -0.2) is 58.5 Å². The average Bonchev–Trinajstić information content (AvgIpc) is 2.94. The summed E-state index contributed by atoms with van der Waals surface area (Å²) in [6, 6.07) is 0.159. The van der Waals surface area contributed by atoms with Crippen LogP contribution < -0.4 is 0 Å². The predicted octanol–water partition coefficient (Wildman–Crippen LogP) is 2.74. The van der Waals surface area contributed by atoms with Crippen LogP contribution >= 0.6 is 0 Å². The Labute approximate surface area is 145 Å². The molecule has 3 aliphatic rings. The molecule has 3 atom stereocenters. The number of likely N-dealkylation sites (tertiary alicyclic amines) is 1. The smallest absolute Gasteiger partial charge is 0.320 e. The highest BCUT2D eigenvalue weighted by atomic mass is 16.4. The Morgan fingerprint density at radius 1 is 1.08 bits per heavy atom. The second-order valence-electron chi connectivity index (χ2n) is 8.29. The Morgan fingerprint density at radius 3 is 2.42 bits per heavy atom. The van der Waals surface area contributed by atoms with E-state index in [2.05, 4.69) is 6.92 Å². The summed E-state index contributed by atoms with van der Waals surface area (Å²) in [5, 5.41) is 9.59. The minimum Gasteiger partial charge on any atom is -0.480 e. The van der Waals surface area contributed by atoms with E-state index in [0.29, 0.717) is 18.0 Å². The molecule has 0 aromatic rings. The molecule has 136 valence electrons. The Kier molecular flexibility index (Phi) is 5.48. The third-order valence-electron chi connectivity index (χ3n) is 6.75. The Bertz CT molecular complexity index is 473. The first-order valence-corrected chi connectivity index (χ1v) is 9.71. The highest BCUT2D eigenvalue weighted by molar-refractivity contribution is 5.80. The zero-order valence-electron chi connectivity index (χ0n) is 15.1. The number of likely N-dealkylation sites (N-methyl/N-ethyl adjacent to an activating group) is 1. The maximum atomic E-state index is 12.8. The van der Waals surface area contributed by atoms with E-state index in [9.17, 15) is 14.7 Å². The van der Waals surface area contributed by atoms with E-state index < -0.39 is 12.0 Å². The lowest BCUT2D eigenvalue weighted by Crippen LogP contribution is -2.50. The lowest BCUT2D eigenvalue weighted by Gasteiger charge is -2.37. The van der Waals surface area contributed by atoms with Crippen LogP contribution in [0.2, 0.25) is 0 Å². The quantitative estimate of drug-likeness (QED) is 0.857. The van der Waals surface area contributed by atoms with E-state index in [0.717, 1.165) is 44.4 Å². The number of carbonyl (C=O) groups excluding carboxylic acids is 1. The third kappa shape index (κ3) is 3.61. The number of rotatable bonds is 4. The van der Waals surface area contributed by atoms with E-state index in [-0.39, 0.29) is 12.5 Å². The topological polar surface area (TPSA) is 60.9 Å². The number of aliphatic carboxylic acids is 1. The van der Waals surface area contributed by atoms with Gasteiger partial charge >= 0.3 is 5.97 Å². The van der Waals surface area contributed by atoms with Gasteiger partial charge in [-0.15, -0.1) is 0 Å². The van der Waals surface area contributed by atoms with Crippen molar-refractivity contribution in [2.75, 3.05) is 13.6 Å². The molecule has 0 aromatic heterocycles. The zero-order valence-corrected chi connectivity index (χ0v) is 15.1. The molecule has 2 saturated carbocycles. The molecule has 2 aliphatic carbocycles. The lowest BCUT2D eigenvalue weighted by molar-refractivity contribution is -0.144. The van der Waals surface area contributed by atoms with Crippen molar-refractivity contribution < 1.29 is 14.7 Å². The average molecular weight is 336 g/mol. The normalized spacial score (nSPS) is 37.0. The molecule has 0 bridgehead atoms. The number of fused-ring (bicyclic) bond motifs is 1. The molecule has 3 fully saturated rings. The molecular formula is C19H32N2O3. The van der Waals surface area contributed by atoms with Crippen LogP contribution in [0.15, 0.2) is 0 Å². The number of carboxylic acid groups (broad SMARTS) is 1. The Morgan fingerprint density at radius 2 is 1.75 bits per heavy atom. The summed E-state index contributed by atoms with van der Waals surface area (Å²) in [6.07, 6.45) is 9.79. The molecule has 0 radical (unpaired) electrons. The fourth-order valence-electron chi connectivity index (χ4n) is 5.12. The van der Waals surface area contributed by atoms with Crippen LogP contribution in [-0.2, 0) is 9.59 Å². The van der Waals surface area contributed by atoms with Gasteiger partial charge in [0.25, 0.3) is 0 Å². The van der Waals surface area contributed by atoms with Gasteiger partial charge in [0, 0.05) is 19.1 Å². The predicted molar refractivity (Wildman–Crippen MR) is 92.7 cm³/mol. The molecule has 1 N–H and O–H groups in total. The summed E-state index contributed by atoms with van der Waals surface area (Å²) < 4.78 is 0. The molecule has 1 aliphatic heterocycles. The van der Waals surface area contributed by atoms with Gasteiger partial charge in [-0.25, -0.2) is 0 Å². The monoisotopic (exact) mass is 336 g/mol. The van der Waals surface area contributed by atoms with Crippen LogP contribution in [0.1, 0.15) is 64.7 Å². The third-order valence-corrected chi connectivity index (χ3v) is 6.75. The van der Waals surface area contributed by atoms with Gasteiger partial charge in [0.05, 0.1) is 6.54 Å². The number of carboxylic acids is 1. The van der Waals surface area contributed by atoms with Gasteiger partial charge in [-0.05, 0) is 56.8 Å². The van der Waals surface area contributed by atoms with Gasteiger partial charge in [0.2, 0.25) is 5.91 Å². The summed E-state index contributed by atoms with van der Waals surface area (Å²) in [7, 11) is 1.91. The number of amides is 1. The highest BCUT2D eigenvalue weighted by Crippen LogP contribution is 2.39. The van der Waals surface area contributed by atoms with Gasteiger partial charge in [-0.3, -0.25) is 14.5 Å². The van der Waals surface area contributed by atoms with E-state index in [1.807, 2.05) is 16.8 Å². The van der Waals surface area contributed by atoms with Crippen molar-refractivity contribution in [3.63, 3.8) is 0 Å². The minimum absolute atomic E-state index is 0.104. The van der Waals surface area contributed by atoms with Crippen LogP contribution in [0.25, 0.3) is 0 Å². The van der Waals surface area contributed by atoms with Crippen molar-refractivity contribution in [1.29, 1.82) is 0 Å². The summed E-state index contributed by atoms with van der Waals surface area (Å²) in [5.41, 5.74) is 0. The van der Waals surface area contributed by atoms with Gasteiger partial charge in [0.15, 0.2) is 0 Å². The summed E-state index contributed by atoms with van der Waals surface area (Å²) >= 11 is 0. The SMILES string of the molecule is CC1CCC(N(C)C(=O)CN2[C@@H]3CCCC[C@@H]3C[C@H]2C(=O)O)CC1. The summed E-state index contributed by atoms with van der Waals surface area (Å²) in [5.74, 6) is 0.578. The van der Waals surface area contributed by atoms with Crippen molar-refractivity contribution in [2.24, 2.45) is 11.8 Å². The van der Waals surface area contributed by atoms with E-state index in [4.69, 9.17) is 0 Å². The first-order chi connectivity index (χ1) is 11.5. The highest BCUT2D eigenvalue weighted by Gasteiger charge is 2.46. The van der Waals surface area contributed by atoms with Crippen LogP contribution in [0.5, 0.6) is 0 Å². The fourth-order valence-corrected chi connectivity index (χ4v) is 5.12. The maximum Gasteiger partial charge on any atom is 0.320 e. The van der Waals surface area contributed by atoms with E-state index in [1.54, 1.807) is 0 Å². The number of hydrogen-bond acceptors (Lipinski definition) is 3. The molecule has 5 nitrogen and oxygen atoms in total. The second-order valence-corrected chi connectivity index (χ2v) is 8.29. The first kappa shape index (κ1) is 17.7. The van der Waals surface area contributed by atoms with Gasteiger partial charge in [-0.2, -0.15) is 0 Å². The van der Waals surface area contributed by atoms with Crippen molar-refractivity contribution in [3.8, 4) is 0 Å². The van der Waals surface area contributed by atoms with Crippen molar-refractivity contribution in [3.05, 3.63) is 0 Å². The molecule has 0 spiro atoms. The van der Waals surface area contributed by atoms with Crippen molar-refractivity contribution >= 4 is 11.9 Å². The van der Waals surface area contributed by atoms with Crippen LogP contribution in [0.4, 0.5) is 0 Å². The van der Waals surface area contributed by atoms with Crippen LogP contribution in [0.3, 0.4) is 0 Å². The van der Waals surface area contributed by atoms with Crippen molar-refractivity contribution in [1.82, 2.24) is 9.80 Å². The molecule has 1 saturated heterocycles. The van der Waals surface area contributed by atoms with Gasteiger partial charge in [-0.1, -0.05) is 19.8 Å². The maximum absolute atomic E-state index is 12.8. The largest absolute Gasteiger partial charge is 0.480 e. The van der Waals surface area contributed by atoms with Crippen molar-refractivity contribution in [2.45, 2.75) is 82.8 Å². The standard InChI is InChI=1S/C19H32N2O3/c1-13-7-9-15(10-8-13)20(2)18(22)12-21-16-6-4-3-5-14(16)11-17(21)19(23)24/h13-17H,3-12H2,1-2H3,(H,23,24)/t13?,14-,15?,16-,17+/m1/s1. The number of carbonyl (C=O) groups is 2. The molecular weight excluding hydrogens is 304 g/mol.